The van der Waals surface area contributed by atoms with Crippen molar-refractivity contribution < 1.29 is 4.79 Å². The Morgan fingerprint density at radius 1 is 1.17 bits per heavy atom. The Labute approximate surface area is 72.5 Å². The first-order valence-electron chi connectivity index (χ1n) is 4.23. The van der Waals surface area contributed by atoms with Gasteiger partial charge >= 0.3 is 0 Å². The standard InChI is InChI=1S/C10H13NO/c1-3-7-5-9(12)6-8(4-2)10(7)11/h5-6,11H,3-4H2,1-2H3. The van der Waals surface area contributed by atoms with Crippen LogP contribution in [-0.2, 0) is 4.79 Å². The molecule has 1 aliphatic rings. The fraction of sp³-hybridized carbons (Fsp3) is 0.400. The Hall–Kier alpha value is -1.18. The Balaban J connectivity index is 2.98. The molecule has 0 fully saturated rings. The van der Waals surface area contributed by atoms with Crippen molar-refractivity contribution >= 4 is 11.5 Å². The molecule has 12 heavy (non-hydrogen) atoms. The van der Waals surface area contributed by atoms with Crippen LogP contribution in [0.1, 0.15) is 26.7 Å². The van der Waals surface area contributed by atoms with E-state index in [4.69, 9.17) is 5.41 Å². The van der Waals surface area contributed by atoms with Crippen molar-refractivity contribution in [1.29, 1.82) is 5.41 Å². The Bertz CT molecular complexity index is 258. The number of carbonyl (C=O) groups excluding carboxylic acids is 1. The van der Waals surface area contributed by atoms with Crippen molar-refractivity contribution in [3.8, 4) is 0 Å². The molecule has 0 aromatic rings. The van der Waals surface area contributed by atoms with Crippen LogP contribution in [0.5, 0.6) is 0 Å². The first kappa shape index (κ1) is 8.91. The molecule has 0 aliphatic heterocycles. The van der Waals surface area contributed by atoms with Gasteiger partial charge in [-0.3, -0.25) is 4.79 Å². The highest BCUT2D eigenvalue weighted by molar-refractivity contribution is 6.21. The summed E-state index contributed by atoms with van der Waals surface area (Å²) < 4.78 is 0. The van der Waals surface area contributed by atoms with Crippen molar-refractivity contribution in [2.24, 2.45) is 0 Å². The molecule has 0 spiro atoms. The number of nitrogens with one attached hydrogen (secondary N) is 1. The smallest absolute Gasteiger partial charge is 0.179 e. The average molecular weight is 163 g/mol. The lowest BCUT2D eigenvalue weighted by atomic mass is 9.92. The van der Waals surface area contributed by atoms with Crippen LogP contribution in [0.2, 0.25) is 0 Å². The zero-order valence-corrected chi connectivity index (χ0v) is 7.48. The van der Waals surface area contributed by atoms with Crippen molar-refractivity contribution in [3.05, 3.63) is 23.3 Å². The Kier molecular flexibility index (Phi) is 2.58. The van der Waals surface area contributed by atoms with Crippen LogP contribution in [0.3, 0.4) is 0 Å². The third-order valence-electron chi connectivity index (χ3n) is 2.04. The van der Waals surface area contributed by atoms with E-state index in [2.05, 4.69) is 0 Å². The molecule has 1 N–H and O–H groups in total. The molecule has 2 heteroatoms. The SMILES string of the molecule is CCC1=CC(=O)C=C(CC)C1=N. The summed E-state index contributed by atoms with van der Waals surface area (Å²) in [5.74, 6) is 0.0275. The van der Waals surface area contributed by atoms with Gasteiger partial charge in [0.1, 0.15) is 0 Å². The quantitative estimate of drug-likeness (QED) is 0.623. The zero-order chi connectivity index (χ0) is 9.14. The van der Waals surface area contributed by atoms with Gasteiger partial charge in [0.25, 0.3) is 0 Å². The minimum absolute atomic E-state index is 0.0275. The summed E-state index contributed by atoms with van der Waals surface area (Å²) in [4.78, 5) is 11.1. The van der Waals surface area contributed by atoms with E-state index in [1.807, 2.05) is 13.8 Å². The second kappa shape index (κ2) is 3.48. The third-order valence-corrected chi connectivity index (χ3v) is 2.04. The van der Waals surface area contributed by atoms with Crippen LogP contribution in [0.25, 0.3) is 0 Å². The predicted octanol–water partition coefficient (Wildman–Crippen LogP) is 2.26. The van der Waals surface area contributed by atoms with Crippen LogP contribution in [0.4, 0.5) is 0 Å². The predicted molar refractivity (Wildman–Crippen MR) is 49.5 cm³/mol. The lowest BCUT2D eigenvalue weighted by Gasteiger charge is -2.12. The second-order valence-corrected chi connectivity index (χ2v) is 2.82. The van der Waals surface area contributed by atoms with E-state index in [0.717, 1.165) is 24.0 Å². The van der Waals surface area contributed by atoms with Gasteiger partial charge < -0.3 is 5.41 Å². The highest BCUT2D eigenvalue weighted by Crippen LogP contribution is 2.17. The third kappa shape index (κ3) is 1.52. The first-order chi connectivity index (χ1) is 5.69. The molecule has 1 rings (SSSR count). The van der Waals surface area contributed by atoms with E-state index in [1.165, 1.54) is 0 Å². The molecular weight excluding hydrogens is 150 g/mol. The number of ketones is 1. The summed E-state index contributed by atoms with van der Waals surface area (Å²) in [6.45, 7) is 3.93. The van der Waals surface area contributed by atoms with E-state index in [0.29, 0.717) is 5.71 Å². The van der Waals surface area contributed by atoms with Crippen LogP contribution >= 0.6 is 0 Å². The second-order valence-electron chi connectivity index (χ2n) is 2.82. The highest BCUT2D eigenvalue weighted by Gasteiger charge is 2.14. The van der Waals surface area contributed by atoms with Crippen molar-refractivity contribution in [2.45, 2.75) is 26.7 Å². The highest BCUT2D eigenvalue weighted by atomic mass is 16.1. The van der Waals surface area contributed by atoms with Gasteiger partial charge in [-0.05, 0) is 36.1 Å². The molecule has 0 aromatic carbocycles. The molecule has 0 saturated heterocycles. The van der Waals surface area contributed by atoms with Gasteiger partial charge in [-0.25, -0.2) is 0 Å². The lowest BCUT2D eigenvalue weighted by Crippen LogP contribution is -2.12. The van der Waals surface area contributed by atoms with E-state index in [9.17, 15) is 4.79 Å². The van der Waals surface area contributed by atoms with Crippen LogP contribution < -0.4 is 0 Å². The van der Waals surface area contributed by atoms with E-state index in [-0.39, 0.29) is 5.78 Å². The van der Waals surface area contributed by atoms with Gasteiger partial charge in [-0.15, -0.1) is 0 Å². The number of rotatable bonds is 2. The van der Waals surface area contributed by atoms with Gasteiger partial charge in [0, 0.05) is 0 Å². The van der Waals surface area contributed by atoms with Crippen molar-refractivity contribution in [3.63, 3.8) is 0 Å². The molecule has 0 amide bonds. The number of allylic oxidation sites excluding steroid dienone is 4. The summed E-state index contributed by atoms with van der Waals surface area (Å²) >= 11 is 0. The molecule has 0 aromatic heterocycles. The topological polar surface area (TPSA) is 40.9 Å². The summed E-state index contributed by atoms with van der Waals surface area (Å²) in [6.07, 6.45) is 4.65. The summed E-state index contributed by atoms with van der Waals surface area (Å²) in [5, 5.41) is 7.70. The van der Waals surface area contributed by atoms with Gasteiger partial charge in [-0.2, -0.15) is 0 Å². The molecular formula is C10H13NO. The van der Waals surface area contributed by atoms with E-state index >= 15 is 0 Å². The maximum absolute atomic E-state index is 11.1. The Morgan fingerprint density at radius 2 is 1.58 bits per heavy atom. The van der Waals surface area contributed by atoms with E-state index < -0.39 is 0 Å². The number of hydrogen-bond acceptors (Lipinski definition) is 2. The van der Waals surface area contributed by atoms with Crippen LogP contribution in [-0.4, -0.2) is 11.5 Å². The maximum atomic E-state index is 11.1. The summed E-state index contributed by atoms with van der Waals surface area (Å²) in [7, 11) is 0. The summed E-state index contributed by atoms with van der Waals surface area (Å²) in [5.41, 5.74) is 2.26. The lowest BCUT2D eigenvalue weighted by molar-refractivity contribution is -0.110. The first-order valence-corrected chi connectivity index (χ1v) is 4.23. The zero-order valence-electron chi connectivity index (χ0n) is 7.48. The fourth-order valence-corrected chi connectivity index (χ4v) is 1.29. The van der Waals surface area contributed by atoms with Crippen LogP contribution in [0, 0.1) is 5.41 Å². The fourth-order valence-electron chi connectivity index (χ4n) is 1.29. The van der Waals surface area contributed by atoms with Gasteiger partial charge in [0.15, 0.2) is 5.78 Å². The van der Waals surface area contributed by atoms with Crippen molar-refractivity contribution in [1.82, 2.24) is 0 Å². The van der Waals surface area contributed by atoms with Gasteiger partial charge in [-0.1, -0.05) is 13.8 Å². The van der Waals surface area contributed by atoms with E-state index in [1.54, 1.807) is 12.2 Å². The molecule has 0 saturated carbocycles. The molecule has 64 valence electrons. The molecule has 1 aliphatic carbocycles. The average Bonchev–Trinajstić information content (AvgIpc) is 2.08. The summed E-state index contributed by atoms with van der Waals surface area (Å²) in [6, 6.07) is 0. The maximum Gasteiger partial charge on any atom is 0.179 e. The van der Waals surface area contributed by atoms with Gasteiger partial charge in [0.2, 0.25) is 0 Å². The minimum atomic E-state index is 0.0275. The van der Waals surface area contributed by atoms with Gasteiger partial charge in [0.05, 0.1) is 5.71 Å². The monoisotopic (exact) mass is 163 g/mol. The molecule has 0 bridgehead atoms. The van der Waals surface area contributed by atoms with Crippen LogP contribution in [0.15, 0.2) is 23.3 Å². The Morgan fingerprint density at radius 3 is 1.92 bits per heavy atom. The number of hydrogen-bond donors (Lipinski definition) is 1. The minimum Gasteiger partial charge on any atom is -0.300 e. The molecule has 0 unspecified atom stereocenters. The molecule has 0 heterocycles. The molecule has 2 nitrogen and oxygen atoms in total. The number of carbonyl (C=O) groups is 1. The normalized spacial score (nSPS) is 17.5. The van der Waals surface area contributed by atoms with Crippen molar-refractivity contribution in [2.75, 3.05) is 0 Å². The molecule has 0 radical (unpaired) electrons. The molecule has 0 atom stereocenters. The largest absolute Gasteiger partial charge is 0.300 e.